The van der Waals surface area contributed by atoms with Gasteiger partial charge < -0.3 is 15.2 Å². The first-order chi connectivity index (χ1) is 12.5. The lowest BCUT2D eigenvalue weighted by Crippen LogP contribution is -2.31. The summed E-state index contributed by atoms with van der Waals surface area (Å²) in [5.41, 5.74) is 1.16. The highest BCUT2D eigenvalue weighted by atomic mass is 79.9. The summed E-state index contributed by atoms with van der Waals surface area (Å²) < 4.78 is 7.17. The summed E-state index contributed by atoms with van der Waals surface area (Å²) in [6.45, 7) is 0.413. The van der Waals surface area contributed by atoms with E-state index in [-0.39, 0.29) is 18.6 Å². The van der Waals surface area contributed by atoms with Gasteiger partial charge in [-0.15, -0.1) is 0 Å². The molecule has 2 N–H and O–H groups in total. The Morgan fingerprint density at radius 1 is 1.35 bits per heavy atom. The zero-order valence-electron chi connectivity index (χ0n) is 13.9. The highest BCUT2D eigenvalue weighted by Crippen LogP contribution is 2.25. The number of ether oxygens (including phenoxy) is 1. The molecule has 1 heterocycles. The molecule has 0 saturated carbocycles. The highest BCUT2D eigenvalue weighted by molar-refractivity contribution is 9.10. The lowest BCUT2D eigenvalue weighted by Gasteiger charge is -2.15. The Hall–Kier alpha value is -2.09. The molecule has 3 rings (SSSR count). The zero-order valence-corrected chi connectivity index (χ0v) is 16.3. The number of nitrogens with zero attached hydrogens (tertiary/aromatic N) is 2. The van der Waals surface area contributed by atoms with Gasteiger partial charge in [0.1, 0.15) is 5.75 Å². The van der Waals surface area contributed by atoms with Gasteiger partial charge in [-0.2, -0.15) is 0 Å². The highest BCUT2D eigenvalue weighted by Gasteiger charge is 2.11. The first kappa shape index (κ1) is 18.7. The largest absolute Gasteiger partial charge is 0.497 e. The number of hydrogen-bond donors (Lipinski definition) is 2. The van der Waals surface area contributed by atoms with Crippen LogP contribution in [-0.4, -0.2) is 34.4 Å². The van der Waals surface area contributed by atoms with Gasteiger partial charge in [0.05, 0.1) is 42.0 Å². The summed E-state index contributed by atoms with van der Waals surface area (Å²) in [6, 6.07) is 10.6. The lowest BCUT2D eigenvalue weighted by molar-refractivity contribution is 0.165. The van der Waals surface area contributed by atoms with E-state index in [2.05, 4.69) is 26.2 Å². The number of anilines is 1. The van der Waals surface area contributed by atoms with E-state index >= 15 is 0 Å². The molecule has 0 radical (unpaired) electrons. The molecule has 8 heteroatoms. The number of aliphatic hydroxyl groups excluding tert-OH is 1. The third-order valence-electron chi connectivity index (χ3n) is 3.91. The summed E-state index contributed by atoms with van der Waals surface area (Å²) in [6.07, 6.45) is 0.668. The number of benzene rings is 2. The summed E-state index contributed by atoms with van der Waals surface area (Å²) in [5, 5.41) is 14.2. The number of nitrogens with one attached hydrogen (secondary N) is 1. The van der Waals surface area contributed by atoms with Gasteiger partial charge in [-0.25, -0.2) is 4.98 Å². The fourth-order valence-electron chi connectivity index (χ4n) is 2.52. The van der Waals surface area contributed by atoms with Crippen LogP contribution < -0.4 is 15.6 Å². The van der Waals surface area contributed by atoms with Crippen LogP contribution in [0.1, 0.15) is 0 Å². The predicted octanol–water partition coefficient (Wildman–Crippen LogP) is 3.29. The fourth-order valence-corrected chi connectivity index (χ4v) is 3.01. The molecule has 0 spiro atoms. The van der Waals surface area contributed by atoms with Gasteiger partial charge in [0.15, 0.2) is 0 Å². The quantitative estimate of drug-likeness (QED) is 0.618. The molecule has 2 aromatic carbocycles. The van der Waals surface area contributed by atoms with Crippen molar-refractivity contribution in [2.45, 2.75) is 12.6 Å². The molecule has 1 aromatic heterocycles. The van der Waals surface area contributed by atoms with E-state index in [0.717, 1.165) is 11.4 Å². The number of fused-ring (bicyclic) bond motifs is 1. The second-order valence-electron chi connectivity index (χ2n) is 5.75. The average Bonchev–Trinajstić information content (AvgIpc) is 2.64. The molecule has 0 saturated heterocycles. The summed E-state index contributed by atoms with van der Waals surface area (Å²) in [5.74, 6) is 0.759. The van der Waals surface area contributed by atoms with Crippen molar-refractivity contribution in [2.24, 2.45) is 0 Å². The smallest absolute Gasteiger partial charge is 0.261 e. The van der Waals surface area contributed by atoms with Gasteiger partial charge in [-0.3, -0.25) is 9.36 Å². The van der Waals surface area contributed by atoms with Gasteiger partial charge in [0.2, 0.25) is 0 Å². The molecule has 6 nitrogen and oxygen atoms in total. The van der Waals surface area contributed by atoms with E-state index in [9.17, 15) is 9.90 Å². The van der Waals surface area contributed by atoms with Gasteiger partial charge in [-0.05, 0) is 52.3 Å². The van der Waals surface area contributed by atoms with E-state index in [1.54, 1.807) is 19.2 Å². The van der Waals surface area contributed by atoms with Gasteiger partial charge in [-0.1, -0.05) is 11.6 Å². The Labute approximate surface area is 163 Å². The minimum atomic E-state index is -0.764. The summed E-state index contributed by atoms with van der Waals surface area (Å²) >= 11 is 9.38. The normalized spacial score (nSPS) is 12.2. The van der Waals surface area contributed by atoms with E-state index in [0.29, 0.717) is 20.4 Å². The number of rotatable bonds is 6. The topological polar surface area (TPSA) is 76.4 Å². The van der Waals surface area contributed by atoms with Crippen molar-refractivity contribution >= 4 is 44.1 Å². The zero-order chi connectivity index (χ0) is 18.7. The molecule has 26 heavy (non-hydrogen) atoms. The number of aliphatic hydroxyl groups is 1. The van der Waals surface area contributed by atoms with Crippen LogP contribution in [0.4, 0.5) is 5.69 Å². The van der Waals surface area contributed by atoms with Crippen molar-refractivity contribution in [3.8, 4) is 5.75 Å². The fraction of sp³-hybridized carbons (Fsp3) is 0.222. The van der Waals surface area contributed by atoms with E-state index in [1.807, 2.05) is 24.3 Å². The molecule has 1 unspecified atom stereocenters. The number of aromatic nitrogens is 2. The Bertz CT molecular complexity index is 976. The lowest BCUT2D eigenvalue weighted by atomic mass is 10.2. The molecule has 0 aliphatic rings. The average molecular weight is 439 g/mol. The van der Waals surface area contributed by atoms with E-state index < -0.39 is 6.10 Å². The van der Waals surface area contributed by atoms with Crippen LogP contribution >= 0.6 is 27.5 Å². The van der Waals surface area contributed by atoms with Gasteiger partial charge >= 0.3 is 0 Å². The van der Waals surface area contributed by atoms with Gasteiger partial charge in [0, 0.05) is 16.7 Å². The molecule has 136 valence electrons. The van der Waals surface area contributed by atoms with Crippen molar-refractivity contribution in [3.63, 3.8) is 0 Å². The number of halogens is 2. The number of hydrogen-bond acceptors (Lipinski definition) is 5. The van der Waals surface area contributed by atoms with E-state index in [4.69, 9.17) is 16.3 Å². The van der Waals surface area contributed by atoms with Crippen LogP contribution in [0.25, 0.3) is 10.9 Å². The molecule has 0 fully saturated rings. The molecular weight excluding hydrogens is 422 g/mol. The van der Waals surface area contributed by atoms with E-state index in [1.165, 1.54) is 10.9 Å². The predicted molar refractivity (Wildman–Crippen MR) is 106 cm³/mol. The van der Waals surface area contributed by atoms with Crippen LogP contribution in [-0.2, 0) is 6.54 Å². The Balaban J connectivity index is 1.70. The van der Waals surface area contributed by atoms with Crippen LogP contribution in [0.5, 0.6) is 5.75 Å². The monoisotopic (exact) mass is 437 g/mol. The Kier molecular flexibility index (Phi) is 5.80. The first-order valence-electron chi connectivity index (χ1n) is 7.88. The molecule has 3 aromatic rings. The maximum absolute atomic E-state index is 12.6. The molecule has 0 bridgehead atoms. The summed E-state index contributed by atoms with van der Waals surface area (Å²) in [7, 11) is 1.60. The third-order valence-corrected chi connectivity index (χ3v) is 5.10. The van der Waals surface area contributed by atoms with Crippen LogP contribution in [0.2, 0.25) is 5.02 Å². The van der Waals surface area contributed by atoms with Crippen LogP contribution in [0.3, 0.4) is 0 Å². The minimum absolute atomic E-state index is 0.124. The van der Waals surface area contributed by atoms with Crippen molar-refractivity contribution in [2.75, 3.05) is 19.0 Å². The molecule has 1 atom stereocenters. The second-order valence-corrected chi connectivity index (χ2v) is 7.01. The maximum atomic E-state index is 12.6. The van der Waals surface area contributed by atoms with Crippen LogP contribution in [0, 0.1) is 0 Å². The van der Waals surface area contributed by atoms with Crippen molar-refractivity contribution in [3.05, 3.63) is 62.6 Å². The van der Waals surface area contributed by atoms with Crippen molar-refractivity contribution in [1.29, 1.82) is 0 Å². The van der Waals surface area contributed by atoms with Crippen molar-refractivity contribution < 1.29 is 9.84 Å². The molecule has 0 amide bonds. The van der Waals surface area contributed by atoms with Crippen LogP contribution in [0.15, 0.2) is 52.0 Å². The molecule has 0 aliphatic carbocycles. The standard InChI is InChI=1S/C18H17BrClN3O3/c1-26-13-4-2-11(3-5-13)21-8-12(24)9-23-10-22-17-7-15(19)16(20)6-14(17)18(23)25/h2-7,10,12,21,24H,8-9H2,1H3. The minimum Gasteiger partial charge on any atom is -0.497 e. The first-order valence-corrected chi connectivity index (χ1v) is 9.05. The molecule has 0 aliphatic heterocycles. The molecular formula is C18H17BrClN3O3. The second kappa shape index (κ2) is 8.07. The Morgan fingerprint density at radius 2 is 2.08 bits per heavy atom. The Morgan fingerprint density at radius 3 is 2.77 bits per heavy atom. The third kappa shape index (κ3) is 4.17. The SMILES string of the molecule is COc1ccc(NCC(O)Cn2cnc3cc(Br)c(Cl)cc3c2=O)cc1. The van der Waals surface area contributed by atoms with Gasteiger partial charge in [0.25, 0.3) is 5.56 Å². The van der Waals surface area contributed by atoms with Crippen molar-refractivity contribution in [1.82, 2.24) is 9.55 Å². The number of methoxy groups -OCH3 is 1. The summed E-state index contributed by atoms with van der Waals surface area (Å²) in [4.78, 5) is 16.8. The maximum Gasteiger partial charge on any atom is 0.261 e.